The standard InChI is InChI=1S/C32H44N4O6/c1-22(34-28(38)26(21-24-16-12-9-13-17-24)36-30(40)42-32(5,6)7)18-19-33-27(37)25(20-23-14-10-8-11-15-23)35-29(39)41-31(2,3)4/h8-17,25-26H,1,18-21H2,2-7H3,(H,33,37)(H,34,38)(H,35,39)(H,36,40)/t25-,26-/m0/s1. The van der Waals surface area contributed by atoms with E-state index in [-0.39, 0.29) is 25.8 Å². The molecule has 0 aliphatic heterocycles. The molecular formula is C32H44N4O6. The van der Waals surface area contributed by atoms with Gasteiger partial charge in [0.15, 0.2) is 0 Å². The van der Waals surface area contributed by atoms with Crippen molar-refractivity contribution in [3.8, 4) is 0 Å². The maximum absolute atomic E-state index is 13.1. The van der Waals surface area contributed by atoms with Crippen LogP contribution < -0.4 is 21.3 Å². The third-order valence-corrected chi connectivity index (χ3v) is 5.61. The summed E-state index contributed by atoms with van der Waals surface area (Å²) in [4.78, 5) is 51.0. The second-order valence-electron chi connectivity index (χ2n) is 11.9. The van der Waals surface area contributed by atoms with E-state index < -0.39 is 47.3 Å². The fraction of sp³-hybridized carbons (Fsp3) is 0.438. The molecule has 0 fully saturated rings. The minimum absolute atomic E-state index is 0.155. The molecule has 0 saturated carbocycles. The van der Waals surface area contributed by atoms with Gasteiger partial charge in [0, 0.05) is 31.5 Å². The van der Waals surface area contributed by atoms with Crippen molar-refractivity contribution in [1.82, 2.24) is 21.3 Å². The number of benzene rings is 2. The molecule has 42 heavy (non-hydrogen) atoms. The summed E-state index contributed by atoms with van der Waals surface area (Å²) in [6.45, 7) is 14.5. The first-order chi connectivity index (χ1) is 19.6. The second kappa shape index (κ2) is 15.6. The Morgan fingerprint density at radius 3 is 1.50 bits per heavy atom. The number of carbonyl (C=O) groups is 4. The van der Waals surface area contributed by atoms with Crippen LogP contribution in [0.3, 0.4) is 0 Å². The number of amides is 4. The van der Waals surface area contributed by atoms with E-state index in [1.165, 1.54) is 0 Å². The average Bonchev–Trinajstić information content (AvgIpc) is 2.87. The minimum atomic E-state index is -0.915. The monoisotopic (exact) mass is 580 g/mol. The van der Waals surface area contributed by atoms with E-state index in [9.17, 15) is 19.2 Å². The Bertz CT molecular complexity index is 1200. The van der Waals surface area contributed by atoms with Gasteiger partial charge in [-0.15, -0.1) is 0 Å². The van der Waals surface area contributed by atoms with Crippen LogP contribution in [-0.4, -0.2) is 53.8 Å². The fourth-order valence-electron chi connectivity index (χ4n) is 3.80. The van der Waals surface area contributed by atoms with Gasteiger partial charge < -0.3 is 30.7 Å². The van der Waals surface area contributed by atoms with Gasteiger partial charge in [-0.2, -0.15) is 0 Å². The lowest BCUT2D eigenvalue weighted by Gasteiger charge is -2.24. The van der Waals surface area contributed by atoms with E-state index in [2.05, 4.69) is 27.8 Å². The molecule has 4 amide bonds. The molecule has 0 radical (unpaired) electrons. The third kappa shape index (κ3) is 13.8. The summed E-state index contributed by atoms with van der Waals surface area (Å²) < 4.78 is 10.7. The molecule has 2 aromatic carbocycles. The first kappa shape index (κ1) is 33.9. The van der Waals surface area contributed by atoms with Gasteiger partial charge in [-0.25, -0.2) is 9.59 Å². The maximum Gasteiger partial charge on any atom is 0.408 e. The molecule has 10 nitrogen and oxygen atoms in total. The molecule has 4 N–H and O–H groups in total. The van der Waals surface area contributed by atoms with E-state index >= 15 is 0 Å². The van der Waals surface area contributed by atoms with Gasteiger partial charge in [0.25, 0.3) is 0 Å². The Hall–Kier alpha value is -4.34. The molecule has 10 heteroatoms. The molecule has 228 valence electrons. The van der Waals surface area contributed by atoms with Crippen molar-refractivity contribution in [2.45, 2.75) is 84.1 Å². The summed E-state index contributed by atoms with van der Waals surface area (Å²) in [6, 6.07) is 16.8. The number of nitrogens with one attached hydrogen (secondary N) is 4. The van der Waals surface area contributed by atoms with Crippen LogP contribution in [-0.2, 0) is 31.9 Å². The first-order valence-corrected chi connectivity index (χ1v) is 13.9. The highest BCUT2D eigenvalue weighted by Gasteiger charge is 2.26. The number of alkyl carbamates (subject to hydrolysis) is 2. The van der Waals surface area contributed by atoms with E-state index in [0.29, 0.717) is 5.70 Å². The Kier molecular flexibility index (Phi) is 12.6. The van der Waals surface area contributed by atoms with Crippen molar-refractivity contribution in [2.75, 3.05) is 6.54 Å². The van der Waals surface area contributed by atoms with Crippen LogP contribution in [0, 0.1) is 0 Å². The summed E-state index contributed by atoms with van der Waals surface area (Å²) >= 11 is 0. The highest BCUT2D eigenvalue weighted by Crippen LogP contribution is 2.11. The number of ether oxygens (including phenoxy) is 2. The van der Waals surface area contributed by atoms with E-state index in [4.69, 9.17) is 9.47 Å². The van der Waals surface area contributed by atoms with Gasteiger partial charge >= 0.3 is 12.2 Å². The molecule has 0 heterocycles. The number of carbonyl (C=O) groups excluding carboxylic acids is 4. The zero-order valence-electron chi connectivity index (χ0n) is 25.4. The SMILES string of the molecule is C=C(CCNC(=O)[C@H](Cc1ccccc1)NC(=O)OC(C)(C)C)NC(=O)[C@H](Cc1ccccc1)NC(=O)OC(C)(C)C. The van der Waals surface area contributed by atoms with Gasteiger partial charge in [-0.05, 0) is 52.7 Å². The van der Waals surface area contributed by atoms with Crippen molar-refractivity contribution in [3.05, 3.63) is 84.1 Å². The zero-order chi connectivity index (χ0) is 31.3. The Morgan fingerprint density at radius 2 is 1.10 bits per heavy atom. The Labute approximate surface area is 248 Å². The van der Waals surface area contributed by atoms with Crippen LogP contribution in [0.25, 0.3) is 0 Å². The first-order valence-electron chi connectivity index (χ1n) is 13.9. The van der Waals surface area contributed by atoms with Crippen LogP contribution in [0.4, 0.5) is 9.59 Å². The van der Waals surface area contributed by atoms with Crippen LogP contribution >= 0.6 is 0 Å². The molecule has 2 rings (SSSR count). The molecule has 0 aromatic heterocycles. The average molecular weight is 581 g/mol. The molecule has 0 aliphatic carbocycles. The summed E-state index contributed by atoms with van der Waals surface area (Å²) in [6.07, 6.45) is -0.670. The van der Waals surface area contributed by atoms with Gasteiger partial charge in [0.1, 0.15) is 23.3 Å². The lowest BCUT2D eigenvalue weighted by atomic mass is 10.0. The van der Waals surface area contributed by atoms with Crippen molar-refractivity contribution in [2.24, 2.45) is 0 Å². The second-order valence-corrected chi connectivity index (χ2v) is 11.9. The summed E-state index contributed by atoms with van der Waals surface area (Å²) in [5.41, 5.74) is 0.630. The molecule has 0 saturated heterocycles. The quantitative estimate of drug-likeness (QED) is 0.294. The van der Waals surface area contributed by atoms with Gasteiger partial charge in [0.05, 0.1) is 0 Å². The Morgan fingerprint density at radius 1 is 0.690 bits per heavy atom. The summed E-state index contributed by atoms with van der Waals surface area (Å²) in [7, 11) is 0. The normalized spacial score (nSPS) is 12.7. The van der Waals surface area contributed by atoms with Crippen LogP contribution in [0.2, 0.25) is 0 Å². The largest absolute Gasteiger partial charge is 0.444 e. The van der Waals surface area contributed by atoms with Gasteiger partial charge in [-0.1, -0.05) is 67.2 Å². The van der Waals surface area contributed by atoms with Crippen molar-refractivity contribution in [1.29, 1.82) is 0 Å². The predicted octanol–water partition coefficient (Wildman–Crippen LogP) is 4.39. The van der Waals surface area contributed by atoms with Gasteiger partial charge in [-0.3, -0.25) is 9.59 Å². The smallest absolute Gasteiger partial charge is 0.408 e. The van der Waals surface area contributed by atoms with Crippen LogP contribution in [0.1, 0.15) is 59.1 Å². The van der Waals surface area contributed by atoms with Crippen LogP contribution in [0.15, 0.2) is 72.9 Å². The van der Waals surface area contributed by atoms with E-state index in [1.54, 1.807) is 41.5 Å². The van der Waals surface area contributed by atoms with Crippen LogP contribution in [0.5, 0.6) is 0 Å². The number of hydrogen-bond donors (Lipinski definition) is 4. The third-order valence-electron chi connectivity index (χ3n) is 5.61. The molecule has 0 unspecified atom stereocenters. The predicted molar refractivity (Wildman–Crippen MR) is 162 cm³/mol. The lowest BCUT2D eigenvalue weighted by Crippen LogP contribution is -2.50. The van der Waals surface area contributed by atoms with Gasteiger partial charge in [0.2, 0.25) is 11.8 Å². The minimum Gasteiger partial charge on any atom is -0.444 e. The molecule has 0 aliphatic rings. The Balaban J connectivity index is 1.98. The molecular weight excluding hydrogens is 536 g/mol. The van der Waals surface area contributed by atoms with Crippen molar-refractivity contribution in [3.63, 3.8) is 0 Å². The summed E-state index contributed by atoms with van der Waals surface area (Å²) in [5, 5.41) is 10.8. The number of hydrogen-bond acceptors (Lipinski definition) is 6. The van der Waals surface area contributed by atoms with E-state index in [0.717, 1.165) is 11.1 Å². The van der Waals surface area contributed by atoms with E-state index in [1.807, 2.05) is 60.7 Å². The fourth-order valence-corrected chi connectivity index (χ4v) is 3.80. The summed E-state index contributed by atoms with van der Waals surface area (Å²) in [5.74, 6) is -0.869. The van der Waals surface area contributed by atoms with Crippen molar-refractivity contribution >= 4 is 24.0 Å². The number of rotatable bonds is 12. The maximum atomic E-state index is 13.1. The highest BCUT2D eigenvalue weighted by atomic mass is 16.6. The topological polar surface area (TPSA) is 135 Å². The molecule has 0 spiro atoms. The zero-order valence-corrected chi connectivity index (χ0v) is 25.4. The molecule has 2 aromatic rings. The molecule has 0 bridgehead atoms. The van der Waals surface area contributed by atoms with Crippen molar-refractivity contribution < 1.29 is 28.7 Å². The molecule has 2 atom stereocenters. The lowest BCUT2D eigenvalue weighted by molar-refractivity contribution is -0.123. The highest BCUT2D eigenvalue weighted by molar-refractivity contribution is 5.87.